The molecule has 0 atom stereocenters. The Hall–Kier alpha value is -1.63. The Morgan fingerprint density at radius 1 is 1.58 bits per heavy atom. The minimum absolute atomic E-state index is 0.0514. The van der Waals surface area contributed by atoms with Crippen molar-refractivity contribution in [2.24, 2.45) is 16.3 Å². The van der Waals surface area contributed by atoms with Crippen molar-refractivity contribution in [1.82, 2.24) is 10.3 Å². The van der Waals surface area contributed by atoms with Crippen molar-refractivity contribution in [2.45, 2.75) is 40.2 Å². The number of aryl methyl sites for hydroxylation is 1. The van der Waals surface area contributed by atoms with E-state index in [0.717, 1.165) is 10.7 Å². The number of amides is 1. The lowest BCUT2D eigenvalue weighted by molar-refractivity contribution is -0.128. The number of nitrogens with one attached hydrogen (secondary N) is 1. The van der Waals surface area contributed by atoms with Gasteiger partial charge in [-0.1, -0.05) is 19.0 Å². The van der Waals surface area contributed by atoms with Crippen LogP contribution in [0, 0.1) is 12.3 Å². The van der Waals surface area contributed by atoms with Crippen LogP contribution in [0.1, 0.15) is 37.4 Å². The van der Waals surface area contributed by atoms with E-state index in [1.165, 1.54) is 11.3 Å². The number of amidine groups is 1. The zero-order chi connectivity index (χ0) is 14.5. The lowest BCUT2D eigenvalue weighted by Gasteiger charge is -2.28. The summed E-state index contributed by atoms with van der Waals surface area (Å²) >= 11 is 1.54. The highest BCUT2D eigenvalue weighted by Gasteiger charge is 2.39. The minimum Gasteiger partial charge on any atom is -0.409 e. The smallest absolute Gasteiger partial charge is 0.234 e. The maximum atomic E-state index is 12.3. The monoisotopic (exact) mass is 284 g/mol. The second-order valence-corrected chi connectivity index (χ2v) is 5.38. The molecule has 19 heavy (non-hydrogen) atoms. The Morgan fingerprint density at radius 3 is 2.63 bits per heavy atom. The molecule has 0 aliphatic carbocycles. The largest absolute Gasteiger partial charge is 0.409 e. The van der Waals surface area contributed by atoms with Crippen LogP contribution in [0.4, 0.5) is 0 Å². The average molecular weight is 284 g/mol. The summed E-state index contributed by atoms with van der Waals surface area (Å²) in [6.45, 7) is 5.95. The van der Waals surface area contributed by atoms with Gasteiger partial charge in [-0.05, 0) is 19.8 Å². The third kappa shape index (κ3) is 3.23. The van der Waals surface area contributed by atoms with Crippen molar-refractivity contribution < 1.29 is 10.0 Å². The van der Waals surface area contributed by atoms with E-state index in [9.17, 15) is 4.79 Å². The third-order valence-corrected chi connectivity index (χ3v) is 4.16. The number of hydrogen-bond donors (Lipinski definition) is 3. The molecule has 0 saturated carbocycles. The number of nitrogens with zero attached hydrogens (tertiary/aromatic N) is 2. The van der Waals surface area contributed by atoms with Gasteiger partial charge in [0.2, 0.25) is 5.91 Å². The first-order valence-corrected chi connectivity index (χ1v) is 7.05. The summed E-state index contributed by atoms with van der Waals surface area (Å²) in [7, 11) is 0. The lowest BCUT2D eigenvalue weighted by atomic mass is 9.80. The topological polar surface area (TPSA) is 101 Å². The molecule has 1 rings (SSSR count). The van der Waals surface area contributed by atoms with E-state index in [4.69, 9.17) is 10.9 Å². The summed E-state index contributed by atoms with van der Waals surface area (Å²) in [5.41, 5.74) is 5.53. The van der Waals surface area contributed by atoms with Crippen molar-refractivity contribution in [2.75, 3.05) is 0 Å². The van der Waals surface area contributed by atoms with Crippen LogP contribution in [0.2, 0.25) is 0 Å². The number of hydrogen-bond acceptors (Lipinski definition) is 5. The molecule has 1 aromatic heterocycles. The molecule has 0 unspecified atom stereocenters. The molecule has 0 aliphatic rings. The molecule has 0 aliphatic heterocycles. The van der Waals surface area contributed by atoms with Crippen LogP contribution in [0.15, 0.2) is 10.5 Å². The highest BCUT2D eigenvalue weighted by atomic mass is 32.1. The number of aromatic nitrogens is 1. The molecule has 0 bridgehead atoms. The predicted molar refractivity (Wildman–Crippen MR) is 75.1 cm³/mol. The van der Waals surface area contributed by atoms with E-state index in [2.05, 4.69) is 15.5 Å². The van der Waals surface area contributed by atoms with Gasteiger partial charge in [-0.25, -0.2) is 4.98 Å². The van der Waals surface area contributed by atoms with Crippen LogP contribution >= 0.6 is 11.3 Å². The average Bonchev–Trinajstić information content (AvgIpc) is 2.83. The molecule has 1 heterocycles. The van der Waals surface area contributed by atoms with E-state index >= 15 is 0 Å². The summed E-state index contributed by atoms with van der Waals surface area (Å²) in [6.07, 6.45) is 0.947. The number of oxime groups is 1. The normalized spacial score (nSPS) is 12.5. The predicted octanol–water partition coefficient (Wildman–Crippen LogP) is 1.62. The summed E-state index contributed by atoms with van der Waals surface area (Å²) in [5.74, 6) is -0.289. The molecule has 0 fully saturated rings. The molecule has 7 heteroatoms. The van der Waals surface area contributed by atoms with Crippen LogP contribution in [0.5, 0.6) is 0 Å². The van der Waals surface area contributed by atoms with Crippen molar-refractivity contribution >= 4 is 23.1 Å². The SMILES string of the molecule is CCC(CC)(C(=O)NCc1csc(C)n1)C(N)=NO. The third-order valence-electron chi connectivity index (χ3n) is 3.34. The highest BCUT2D eigenvalue weighted by Crippen LogP contribution is 2.27. The van der Waals surface area contributed by atoms with Gasteiger partial charge in [0.25, 0.3) is 0 Å². The summed E-state index contributed by atoms with van der Waals surface area (Å²) < 4.78 is 0. The van der Waals surface area contributed by atoms with Gasteiger partial charge in [0, 0.05) is 5.38 Å². The van der Waals surface area contributed by atoms with Gasteiger partial charge < -0.3 is 16.3 Å². The van der Waals surface area contributed by atoms with Crippen LogP contribution in [0.25, 0.3) is 0 Å². The van der Waals surface area contributed by atoms with E-state index in [1.54, 1.807) is 0 Å². The Labute approximate surface area is 116 Å². The number of carbonyl (C=O) groups is 1. The molecule has 4 N–H and O–H groups in total. The first kappa shape index (κ1) is 15.4. The van der Waals surface area contributed by atoms with Crippen LogP contribution in [-0.2, 0) is 11.3 Å². The molecular weight excluding hydrogens is 264 g/mol. The standard InChI is InChI=1S/C12H20N4O2S/c1-4-12(5-2,10(13)16-18)11(17)14-6-9-7-19-8(3)15-9/h7,18H,4-6H2,1-3H3,(H2,13,16)(H,14,17). The second-order valence-electron chi connectivity index (χ2n) is 4.31. The molecule has 0 spiro atoms. The number of thiazole rings is 1. The summed E-state index contributed by atoms with van der Waals surface area (Å²) in [4.78, 5) is 16.6. The molecule has 106 valence electrons. The fourth-order valence-corrected chi connectivity index (χ4v) is 2.59. The van der Waals surface area contributed by atoms with Gasteiger partial charge >= 0.3 is 0 Å². The van der Waals surface area contributed by atoms with Gasteiger partial charge in [0.1, 0.15) is 5.41 Å². The quantitative estimate of drug-likeness (QED) is 0.320. The van der Waals surface area contributed by atoms with Gasteiger partial charge in [-0.15, -0.1) is 11.3 Å². The van der Waals surface area contributed by atoms with Crippen molar-refractivity contribution in [3.05, 3.63) is 16.1 Å². The first-order chi connectivity index (χ1) is 9.00. The second kappa shape index (κ2) is 6.51. The fraction of sp³-hybridized carbons (Fsp3) is 0.583. The molecule has 0 aromatic carbocycles. The molecule has 0 saturated heterocycles. The van der Waals surface area contributed by atoms with E-state index in [-0.39, 0.29) is 11.7 Å². The molecule has 6 nitrogen and oxygen atoms in total. The zero-order valence-corrected chi connectivity index (χ0v) is 12.3. The Kier molecular flexibility index (Phi) is 5.29. The zero-order valence-electron chi connectivity index (χ0n) is 11.4. The van der Waals surface area contributed by atoms with E-state index < -0.39 is 5.41 Å². The van der Waals surface area contributed by atoms with Crippen LogP contribution in [0.3, 0.4) is 0 Å². The Bertz CT molecular complexity index is 466. The number of nitrogens with two attached hydrogens (primary N) is 1. The lowest BCUT2D eigenvalue weighted by Crippen LogP contribution is -2.49. The van der Waals surface area contributed by atoms with Crippen molar-refractivity contribution in [3.8, 4) is 0 Å². The van der Waals surface area contributed by atoms with Gasteiger partial charge in [0.05, 0.1) is 17.2 Å². The van der Waals surface area contributed by atoms with Gasteiger partial charge in [-0.2, -0.15) is 0 Å². The van der Waals surface area contributed by atoms with Gasteiger partial charge in [-0.3, -0.25) is 4.79 Å². The number of rotatable bonds is 6. The molecular formula is C12H20N4O2S. The van der Waals surface area contributed by atoms with Crippen molar-refractivity contribution in [1.29, 1.82) is 0 Å². The maximum absolute atomic E-state index is 12.3. The fourth-order valence-electron chi connectivity index (χ4n) is 1.97. The Morgan fingerprint density at radius 2 is 2.21 bits per heavy atom. The minimum atomic E-state index is -0.959. The van der Waals surface area contributed by atoms with Crippen LogP contribution < -0.4 is 11.1 Å². The Balaban J connectivity index is 2.78. The van der Waals surface area contributed by atoms with Crippen molar-refractivity contribution in [3.63, 3.8) is 0 Å². The maximum Gasteiger partial charge on any atom is 0.234 e. The first-order valence-electron chi connectivity index (χ1n) is 6.17. The molecule has 1 aromatic rings. The van der Waals surface area contributed by atoms with Crippen LogP contribution in [-0.4, -0.2) is 21.9 Å². The summed E-state index contributed by atoms with van der Waals surface area (Å²) in [6, 6.07) is 0. The number of carbonyl (C=O) groups excluding carboxylic acids is 1. The molecule has 0 radical (unpaired) electrons. The molecule has 1 amide bonds. The van der Waals surface area contributed by atoms with E-state index in [0.29, 0.717) is 19.4 Å². The summed E-state index contributed by atoms with van der Waals surface area (Å²) in [5, 5.41) is 17.5. The highest BCUT2D eigenvalue weighted by molar-refractivity contribution is 7.09. The van der Waals surface area contributed by atoms with Gasteiger partial charge in [0.15, 0.2) is 5.84 Å². The van der Waals surface area contributed by atoms with E-state index in [1.807, 2.05) is 26.2 Å².